The second-order valence-electron chi connectivity index (χ2n) is 4.86. The largest absolute Gasteiger partial charge is 0.314 e. The number of hydrogen-bond acceptors (Lipinski definition) is 3. The van der Waals surface area contributed by atoms with Crippen LogP contribution in [0.2, 0.25) is 0 Å². The number of nitrogens with zero attached hydrogens (tertiary/aromatic N) is 2. The molecule has 1 saturated heterocycles. The van der Waals surface area contributed by atoms with Crippen LogP contribution in [0.5, 0.6) is 0 Å². The van der Waals surface area contributed by atoms with Gasteiger partial charge in [0, 0.05) is 38.1 Å². The van der Waals surface area contributed by atoms with E-state index in [9.17, 15) is 0 Å². The fourth-order valence-corrected chi connectivity index (χ4v) is 3.12. The van der Waals surface area contributed by atoms with Crippen LogP contribution in [0.1, 0.15) is 38.5 Å². The second-order valence-corrected chi connectivity index (χ2v) is 4.86. The quantitative estimate of drug-likeness (QED) is 0.746. The first kappa shape index (κ1) is 10.9. The summed E-state index contributed by atoms with van der Waals surface area (Å²) in [6.45, 7) is 4.32. The highest BCUT2D eigenvalue weighted by molar-refractivity contribution is 4.98. The summed E-state index contributed by atoms with van der Waals surface area (Å²) in [4.78, 5) is 2.58. The monoisotopic (exact) mass is 207 g/mol. The fourth-order valence-electron chi connectivity index (χ4n) is 3.12. The molecule has 1 spiro atoms. The molecule has 1 heterocycles. The highest BCUT2D eigenvalue weighted by Crippen LogP contribution is 2.34. The summed E-state index contributed by atoms with van der Waals surface area (Å²) in [7, 11) is 0. The van der Waals surface area contributed by atoms with Gasteiger partial charge in [0.15, 0.2) is 0 Å². The van der Waals surface area contributed by atoms with Crippen molar-refractivity contribution in [3.05, 3.63) is 0 Å². The van der Waals surface area contributed by atoms with Gasteiger partial charge in [-0.1, -0.05) is 19.3 Å². The Morgan fingerprint density at radius 1 is 1.27 bits per heavy atom. The summed E-state index contributed by atoms with van der Waals surface area (Å²) in [5.74, 6) is 0. The molecule has 1 aliphatic heterocycles. The van der Waals surface area contributed by atoms with Crippen LogP contribution in [-0.2, 0) is 0 Å². The van der Waals surface area contributed by atoms with Crippen molar-refractivity contribution in [2.24, 2.45) is 0 Å². The van der Waals surface area contributed by atoms with Crippen molar-refractivity contribution in [1.82, 2.24) is 10.2 Å². The average Bonchev–Trinajstić information content (AvgIpc) is 2.29. The van der Waals surface area contributed by atoms with Crippen LogP contribution in [0, 0.1) is 11.3 Å². The Bertz CT molecular complexity index is 229. The first-order valence-electron chi connectivity index (χ1n) is 6.20. The van der Waals surface area contributed by atoms with E-state index in [0.29, 0.717) is 12.0 Å². The Hall–Kier alpha value is -0.590. The molecule has 15 heavy (non-hydrogen) atoms. The van der Waals surface area contributed by atoms with Crippen LogP contribution in [0.25, 0.3) is 0 Å². The van der Waals surface area contributed by atoms with E-state index in [2.05, 4.69) is 16.3 Å². The summed E-state index contributed by atoms with van der Waals surface area (Å²) >= 11 is 0. The van der Waals surface area contributed by atoms with Crippen LogP contribution < -0.4 is 5.32 Å². The van der Waals surface area contributed by atoms with Gasteiger partial charge >= 0.3 is 0 Å². The minimum Gasteiger partial charge on any atom is -0.314 e. The van der Waals surface area contributed by atoms with E-state index < -0.39 is 0 Å². The number of rotatable bonds is 2. The van der Waals surface area contributed by atoms with Crippen LogP contribution in [0.3, 0.4) is 0 Å². The highest BCUT2D eigenvalue weighted by atomic mass is 15.3. The molecule has 2 rings (SSSR count). The van der Waals surface area contributed by atoms with E-state index >= 15 is 0 Å². The lowest BCUT2D eigenvalue weighted by atomic mass is 9.79. The maximum Gasteiger partial charge on any atom is 0.0635 e. The van der Waals surface area contributed by atoms with Crippen molar-refractivity contribution < 1.29 is 0 Å². The molecule has 2 aliphatic rings. The maximum atomic E-state index is 8.69. The zero-order chi connectivity index (χ0) is 10.6. The fraction of sp³-hybridized carbons (Fsp3) is 0.917. The maximum absolute atomic E-state index is 8.69. The van der Waals surface area contributed by atoms with Gasteiger partial charge in [0.2, 0.25) is 0 Å². The Labute approximate surface area is 92.4 Å². The molecular formula is C12H21N3. The third-order valence-electron chi connectivity index (χ3n) is 3.96. The van der Waals surface area contributed by atoms with E-state index in [1.165, 1.54) is 32.1 Å². The van der Waals surface area contributed by atoms with E-state index in [0.717, 1.165) is 26.2 Å². The van der Waals surface area contributed by atoms with Crippen molar-refractivity contribution in [3.8, 4) is 6.07 Å². The molecule has 0 aromatic heterocycles. The van der Waals surface area contributed by atoms with Crippen molar-refractivity contribution in [1.29, 1.82) is 5.26 Å². The van der Waals surface area contributed by atoms with Crippen molar-refractivity contribution in [3.63, 3.8) is 0 Å². The van der Waals surface area contributed by atoms with Gasteiger partial charge in [-0.3, -0.25) is 4.90 Å². The molecule has 0 radical (unpaired) electrons. The first-order valence-corrected chi connectivity index (χ1v) is 6.20. The Morgan fingerprint density at radius 3 is 2.80 bits per heavy atom. The lowest BCUT2D eigenvalue weighted by Gasteiger charge is -2.49. The molecule has 0 aromatic carbocycles. The molecule has 3 nitrogen and oxygen atoms in total. The lowest BCUT2D eigenvalue weighted by Crippen LogP contribution is -2.62. The third-order valence-corrected chi connectivity index (χ3v) is 3.96. The van der Waals surface area contributed by atoms with Gasteiger partial charge in [0.1, 0.15) is 0 Å². The van der Waals surface area contributed by atoms with Gasteiger partial charge in [0.05, 0.1) is 6.07 Å². The Balaban J connectivity index is 2.00. The molecule has 0 atom stereocenters. The van der Waals surface area contributed by atoms with E-state index in [1.54, 1.807) is 0 Å². The predicted molar refractivity (Wildman–Crippen MR) is 60.5 cm³/mol. The molecule has 0 bridgehead atoms. The summed E-state index contributed by atoms with van der Waals surface area (Å²) in [6, 6.07) is 2.27. The van der Waals surface area contributed by atoms with E-state index in [4.69, 9.17) is 5.26 Å². The predicted octanol–water partition coefficient (Wildman–Crippen LogP) is 1.51. The molecule has 1 aliphatic carbocycles. The molecule has 0 amide bonds. The smallest absolute Gasteiger partial charge is 0.0635 e. The molecule has 2 fully saturated rings. The zero-order valence-corrected chi connectivity index (χ0v) is 9.47. The number of hydrogen-bond donors (Lipinski definition) is 1. The third kappa shape index (κ3) is 2.32. The number of piperazine rings is 1. The van der Waals surface area contributed by atoms with Gasteiger partial charge in [-0.2, -0.15) is 5.26 Å². The highest BCUT2D eigenvalue weighted by Gasteiger charge is 2.38. The Morgan fingerprint density at radius 2 is 2.07 bits per heavy atom. The van der Waals surface area contributed by atoms with E-state index in [-0.39, 0.29) is 0 Å². The lowest BCUT2D eigenvalue weighted by molar-refractivity contribution is 0.0295. The van der Waals surface area contributed by atoms with Crippen molar-refractivity contribution in [2.45, 2.75) is 44.1 Å². The van der Waals surface area contributed by atoms with Gasteiger partial charge in [-0.05, 0) is 12.8 Å². The standard InChI is InChI=1S/C12H21N3/c13-7-4-9-15-10-8-14-11-12(15)5-2-1-3-6-12/h14H,1-6,8-11H2. The minimum atomic E-state index is 0.396. The number of nitriles is 1. The zero-order valence-electron chi connectivity index (χ0n) is 9.47. The van der Waals surface area contributed by atoms with E-state index in [1.807, 2.05) is 0 Å². The van der Waals surface area contributed by atoms with Crippen molar-refractivity contribution in [2.75, 3.05) is 26.2 Å². The van der Waals surface area contributed by atoms with Gasteiger partial charge in [-0.25, -0.2) is 0 Å². The first-order chi connectivity index (χ1) is 7.37. The van der Waals surface area contributed by atoms with Crippen LogP contribution in [0.15, 0.2) is 0 Å². The molecule has 0 unspecified atom stereocenters. The minimum absolute atomic E-state index is 0.396. The molecule has 84 valence electrons. The molecule has 1 N–H and O–H groups in total. The van der Waals surface area contributed by atoms with Gasteiger partial charge in [0.25, 0.3) is 0 Å². The SMILES string of the molecule is N#CCCN1CCNCC12CCCCC2. The molecule has 3 heteroatoms. The van der Waals surface area contributed by atoms with Crippen molar-refractivity contribution >= 4 is 0 Å². The van der Waals surface area contributed by atoms with Gasteiger partial charge in [-0.15, -0.1) is 0 Å². The average molecular weight is 207 g/mol. The summed E-state index contributed by atoms with van der Waals surface area (Å²) in [5, 5.41) is 12.2. The second kappa shape index (κ2) is 4.96. The topological polar surface area (TPSA) is 39.1 Å². The normalized spacial score (nSPS) is 26.3. The summed E-state index contributed by atoms with van der Waals surface area (Å²) in [5.41, 5.74) is 0.396. The van der Waals surface area contributed by atoms with Gasteiger partial charge < -0.3 is 5.32 Å². The summed E-state index contributed by atoms with van der Waals surface area (Å²) in [6.07, 6.45) is 7.46. The number of nitrogens with one attached hydrogen (secondary N) is 1. The van der Waals surface area contributed by atoms with Crippen LogP contribution in [-0.4, -0.2) is 36.6 Å². The van der Waals surface area contributed by atoms with Crippen LogP contribution in [0.4, 0.5) is 0 Å². The van der Waals surface area contributed by atoms with Crippen LogP contribution >= 0.6 is 0 Å². The summed E-state index contributed by atoms with van der Waals surface area (Å²) < 4.78 is 0. The molecule has 0 aromatic rings. The Kier molecular flexibility index (Phi) is 3.61. The molecule has 1 saturated carbocycles. The molecular weight excluding hydrogens is 186 g/mol.